The van der Waals surface area contributed by atoms with Gasteiger partial charge in [-0.3, -0.25) is 9.80 Å². The molecule has 4 heterocycles. The molecular formula is C33H42N8. The molecule has 8 heteroatoms. The minimum atomic E-state index is 0.532. The van der Waals surface area contributed by atoms with E-state index < -0.39 is 0 Å². The highest BCUT2D eigenvalue weighted by Crippen LogP contribution is 2.29. The van der Waals surface area contributed by atoms with Gasteiger partial charge < -0.3 is 14.5 Å². The molecular weight excluding hydrogens is 508 g/mol. The summed E-state index contributed by atoms with van der Waals surface area (Å²) in [6, 6.07) is 16.1. The first kappa shape index (κ1) is 27.4. The molecule has 0 bridgehead atoms. The third kappa shape index (κ3) is 6.77. The van der Waals surface area contributed by atoms with Crippen molar-refractivity contribution >= 4 is 11.0 Å². The lowest BCUT2D eigenvalue weighted by atomic mass is 9.89. The summed E-state index contributed by atoms with van der Waals surface area (Å²) >= 11 is 0. The van der Waals surface area contributed by atoms with Crippen molar-refractivity contribution in [3.8, 4) is 0 Å². The van der Waals surface area contributed by atoms with Crippen LogP contribution in [-0.4, -0.2) is 59.4 Å². The molecule has 3 aromatic heterocycles. The van der Waals surface area contributed by atoms with Gasteiger partial charge in [0, 0.05) is 37.9 Å². The predicted octanol–water partition coefficient (Wildman–Crippen LogP) is 5.74. The van der Waals surface area contributed by atoms with E-state index in [0.29, 0.717) is 11.8 Å². The lowest BCUT2D eigenvalue weighted by molar-refractivity contribution is 0.196. The molecule has 1 fully saturated rings. The summed E-state index contributed by atoms with van der Waals surface area (Å²) in [7, 11) is 2.13. The van der Waals surface area contributed by atoms with Crippen molar-refractivity contribution < 1.29 is 0 Å². The van der Waals surface area contributed by atoms with Crippen molar-refractivity contribution in [3.63, 3.8) is 0 Å². The maximum atomic E-state index is 5.07. The van der Waals surface area contributed by atoms with Gasteiger partial charge in [-0.25, -0.2) is 15.0 Å². The molecule has 0 aliphatic carbocycles. The number of hydrogen-bond donors (Lipinski definition) is 2. The number of nitrogens with zero attached hydrogens (tertiary/aromatic N) is 6. The van der Waals surface area contributed by atoms with E-state index in [1.165, 1.54) is 35.0 Å². The molecule has 6 rings (SSSR count). The van der Waals surface area contributed by atoms with Crippen molar-refractivity contribution in [3.05, 3.63) is 101 Å². The minimum absolute atomic E-state index is 0.532. The fraction of sp³-hybridized carbons (Fsp3) is 0.424. The summed E-state index contributed by atoms with van der Waals surface area (Å²) in [4.78, 5) is 25.2. The number of fused-ring (bicyclic) bond motifs is 1. The smallest absolute Gasteiger partial charge is 0.124 e. The van der Waals surface area contributed by atoms with Crippen LogP contribution in [0.5, 0.6) is 0 Å². The first-order chi connectivity index (χ1) is 20.0. The van der Waals surface area contributed by atoms with Crippen LogP contribution in [0.3, 0.4) is 0 Å². The Hall–Kier alpha value is -3.75. The zero-order valence-corrected chi connectivity index (χ0v) is 24.6. The number of piperidine rings is 1. The van der Waals surface area contributed by atoms with Gasteiger partial charge >= 0.3 is 0 Å². The van der Waals surface area contributed by atoms with Gasteiger partial charge in [-0.05, 0) is 73.5 Å². The van der Waals surface area contributed by atoms with Crippen molar-refractivity contribution in [2.24, 2.45) is 5.92 Å². The summed E-state index contributed by atoms with van der Waals surface area (Å²) in [6.07, 6.45) is 10.8. The zero-order valence-electron chi connectivity index (χ0n) is 24.6. The molecule has 41 heavy (non-hydrogen) atoms. The molecule has 1 saturated heterocycles. The summed E-state index contributed by atoms with van der Waals surface area (Å²) < 4.78 is 2.42. The van der Waals surface area contributed by atoms with E-state index in [2.05, 4.69) is 97.7 Å². The van der Waals surface area contributed by atoms with Gasteiger partial charge in [-0.1, -0.05) is 44.2 Å². The number of H-pyrrole nitrogens is 2. The standard InChI is InChI=1S/C33H42N8/c1-24(2)19-41-30-18-26(9-10-29(30)38-33(41)23-39(3)21-31-34-11-12-35-31)16-25-6-4-7-27(17-25)28-8-5-15-40(20-28)22-32-36-13-14-37-32/h4,6-7,9-14,17-18,24,28H,5,8,15-16,19-23H2,1-3H3,(H,34,35)(H,36,37). The number of aromatic amines is 2. The van der Waals surface area contributed by atoms with Crippen LogP contribution in [0.2, 0.25) is 0 Å². The van der Waals surface area contributed by atoms with Gasteiger partial charge in [0.15, 0.2) is 0 Å². The Morgan fingerprint density at radius 1 is 0.976 bits per heavy atom. The Morgan fingerprint density at radius 2 is 1.78 bits per heavy atom. The Labute approximate surface area is 242 Å². The molecule has 1 atom stereocenters. The van der Waals surface area contributed by atoms with E-state index in [1.807, 2.05) is 18.6 Å². The number of hydrogen-bond acceptors (Lipinski definition) is 5. The molecule has 8 nitrogen and oxygen atoms in total. The molecule has 1 aliphatic rings. The Bertz CT molecular complexity index is 1530. The molecule has 1 unspecified atom stereocenters. The number of nitrogens with one attached hydrogen (secondary N) is 2. The highest BCUT2D eigenvalue weighted by molar-refractivity contribution is 5.77. The summed E-state index contributed by atoms with van der Waals surface area (Å²) in [6.45, 7) is 10.2. The fourth-order valence-electron chi connectivity index (χ4n) is 6.22. The van der Waals surface area contributed by atoms with Gasteiger partial charge in [0.05, 0.1) is 30.7 Å². The normalized spacial score (nSPS) is 16.4. The monoisotopic (exact) mass is 550 g/mol. The van der Waals surface area contributed by atoms with Crippen LogP contribution in [0, 0.1) is 5.92 Å². The molecule has 2 aromatic carbocycles. The van der Waals surface area contributed by atoms with Gasteiger partial charge in [-0.15, -0.1) is 0 Å². The summed E-state index contributed by atoms with van der Waals surface area (Å²) in [5.41, 5.74) is 6.47. The zero-order chi connectivity index (χ0) is 28.2. The van der Waals surface area contributed by atoms with Crippen LogP contribution in [-0.2, 0) is 32.6 Å². The Kier molecular flexibility index (Phi) is 8.30. The van der Waals surface area contributed by atoms with Crippen molar-refractivity contribution in [2.45, 2.75) is 65.2 Å². The average molecular weight is 551 g/mol. The van der Waals surface area contributed by atoms with Crippen LogP contribution < -0.4 is 0 Å². The van der Waals surface area contributed by atoms with Crippen LogP contribution in [0.25, 0.3) is 11.0 Å². The lowest BCUT2D eigenvalue weighted by Gasteiger charge is -2.32. The number of imidazole rings is 3. The third-order valence-corrected chi connectivity index (χ3v) is 8.09. The quantitative estimate of drug-likeness (QED) is 0.219. The van der Waals surface area contributed by atoms with Crippen LogP contribution in [0.4, 0.5) is 0 Å². The number of rotatable bonds is 11. The van der Waals surface area contributed by atoms with Gasteiger partial charge in [0.1, 0.15) is 17.5 Å². The first-order valence-electron chi connectivity index (χ1n) is 14.9. The molecule has 0 radical (unpaired) electrons. The maximum absolute atomic E-state index is 5.07. The second-order valence-electron chi connectivity index (χ2n) is 12.1. The molecule has 0 amide bonds. The topological polar surface area (TPSA) is 81.7 Å². The molecule has 0 saturated carbocycles. The van der Waals surface area contributed by atoms with E-state index >= 15 is 0 Å². The summed E-state index contributed by atoms with van der Waals surface area (Å²) in [5.74, 6) is 4.23. The van der Waals surface area contributed by atoms with Crippen molar-refractivity contribution in [1.29, 1.82) is 0 Å². The van der Waals surface area contributed by atoms with E-state index in [0.717, 1.165) is 68.7 Å². The molecule has 5 aromatic rings. The second kappa shape index (κ2) is 12.4. The van der Waals surface area contributed by atoms with Crippen molar-refractivity contribution in [2.75, 3.05) is 20.1 Å². The molecule has 0 spiro atoms. The van der Waals surface area contributed by atoms with Gasteiger partial charge in [-0.2, -0.15) is 0 Å². The molecule has 1 aliphatic heterocycles. The van der Waals surface area contributed by atoms with Gasteiger partial charge in [0.25, 0.3) is 0 Å². The number of benzene rings is 2. The second-order valence-corrected chi connectivity index (χ2v) is 12.1. The number of aromatic nitrogens is 6. The van der Waals surface area contributed by atoms with Gasteiger partial charge in [0.2, 0.25) is 0 Å². The van der Waals surface area contributed by atoms with E-state index in [9.17, 15) is 0 Å². The largest absolute Gasteiger partial charge is 0.348 e. The highest BCUT2D eigenvalue weighted by Gasteiger charge is 2.22. The van der Waals surface area contributed by atoms with Crippen LogP contribution in [0.15, 0.2) is 67.3 Å². The number of likely N-dealkylation sites (tertiary alicyclic amines) is 1. The summed E-state index contributed by atoms with van der Waals surface area (Å²) in [5, 5.41) is 0. The minimum Gasteiger partial charge on any atom is -0.348 e. The predicted molar refractivity (Wildman–Crippen MR) is 163 cm³/mol. The SMILES string of the molecule is CC(C)Cn1c(CN(C)Cc2ncc[nH]2)nc2ccc(Cc3cccc(C4CCCN(Cc5ncc[nH]5)C4)c3)cc21. The van der Waals surface area contributed by atoms with E-state index in [-0.39, 0.29) is 0 Å². The van der Waals surface area contributed by atoms with E-state index in [1.54, 1.807) is 6.20 Å². The maximum Gasteiger partial charge on any atom is 0.124 e. The Morgan fingerprint density at radius 3 is 2.56 bits per heavy atom. The Balaban J connectivity index is 1.19. The lowest BCUT2D eigenvalue weighted by Crippen LogP contribution is -2.34. The molecule has 214 valence electrons. The highest BCUT2D eigenvalue weighted by atomic mass is 15.2. The van der Waals surface area contributed by atoms with E-state index in [4.69, 9.17) is 4.98 Å². The van der Waals surface area contributed by atoms with Crippen LogP contribution in [0.1, 0.15) is 66.8 Å². The molecule has 2 N–H and O–H groups in total. The first-order valence-corrected chi connectivity index (χ1v) is 14.9. The fourth-order valence-corrected chi connectivity index (χ4v) is 6.22. The average Bonchev–Trinajstić information content (AvgIpc) is 3.72. The third-order valence-electron chi connectivity index (χ3n) is 8.09. The van der Waals surface area contributed by atoms with Crippen molar-refractivity contribution in [1.82, 2.24) is 39.3 Å². The van der Waals surface area contributed by atoms with Crippen LogP contribution >= 0.6 is 0 Å².